The lowest BCUT2D eigenvalue weighted by Gasteiger charge is -2.08. The van der Waals surface area contributed by atoms with Crippen LogP contribution in [0.4, 0.5) is 5.82 Å². The van der Waals surface area contributed by atoms with E-state index in [2.05, 4.69) is 4.98 Å². The Labute approximate surface area is 75.4 Å². The number of hydrogen-bond acceptors (Lipinski definition) is 5. The molecule has 0 amide bonds. The summed E-state index contributed by atoms with van der Waals surface area (Å²) in [6.07, 6.45) is 2.05. The van der Waals surface area contributed by atoms with E-state index < -0.39 is 6.04 Å². The molecule has 5 nitrogen and oxygen atoms in total. The topological polar surface area (TPSA) is 102 Å². The molecule has 1 aromatic rings. The van der Waals surface area contributed by atoms with E-state index >= 15 is 0 Å². The van der Waals surface area contributed by atoms with Gasteiger partial charge in [-0.05, 0) is 11.6 Å². The normalized spacial score (nSPS) is 12.5. The fourth-order valence-electron chi connectivity index (χ4n) is 0.912. The highest BCUT2D eigenvalue weighted by Gasteiger charge is 2.07. The van der Waals surface area contributed by atoms with Gasteiger partial charge in [-0.1, -0.05) is 0 Å². The summed E-state index contributed by atoms with van der Waals surface area (Å²) in [6, 6.07) is 1.00. The Kier molecular flexibility index (Phi) is 2.94. The number of anilines is 1. The summed E-state index contributed by atoms with van der Waals surface area (Å²) < 4.78 is 0. The number of aromatic nitrogens is 1. The van der Waals surface area contributed by atoms with Crippen LogP contribution in [-0.2, 0) is 0 Å². The van der Waals surface area contributed by atoms with Crippen LogP contribution in [0, 0.1) is 0 Å². The van der Waals surface area contributed by atoms with E-state index in [0.29, 0.717) is 17.4 Å². The molecule has 1 aromatic heterocycles. The molecule has 5 heteroatoms. The minimum atomic E-state index is -0.521. The van der Waals surface area contributed by atoms with Crippen LogP contribution in [0.5, 0.6) is 0 Å². The first-order valence-electron chi connectivity index (χ1n) is 3.76. The number of aliphatic hydroxyl groups excluding tert-OH is 1. The molecule has 13 heavy (non-hydrogen) atoms. The van der Waals surface area contributed by atoms with Crippen LogP contribution in [-0.4, -0.2) is 23.0 Å². The Balaban J connectivity index is 3.05. The monoisotopic (exact) mass is 181 g/mol. The smallest absolute Gasteiger partial charge is 0.153 e. The van der Waals surface area contributed by atoms with Gasteiger partial charge in [0.25, 0.3) is 0 Å². The molecule has 0 unspecified atom stereocenters. The highest BCUT2D eigenvalue weighted by molar-refractivity contribution is 5.81. The Hall–Kier alpha value is -1.46. The summed E-state index contributed by atoms with van der Waals surface area (Å²) >= 11 is 0. The second kappa shape index (κ2) is 3.97. The Bertz CT molecular complexity index is 314. The van der Waals surface area contributed by atoms with Crippen molar-refractivity contribution in [1.29, 1.82) is 0 Å². The van der Waals surface area contributed by atoms with Gasteiger partial charge in [-0.25, -0.2) is 4.98 Å². The van der Waals surface area contributed by atoms with Gasteiger partial charge in [0.2, 0.25) is 0 Å². The quantitative estimate of drug-likeness (QED) is 0.544. The van der Waals surface area contributed by atoms with Crippen LogP contribution in [0.3, 0.4) is 0 Å². The second-order valence-electron chi connectivity index (χ2n) is 2.65. The molecule has 0 bridgehead atoms. The molecule has 0 aromatic carbocycles. The molecule has 0 radical (unpaired) electrons. The van der Waals surface area contributed by atoms with E-state index in [0.717, 1.165) is 0 Å². The summed E-state index contributed by atoms with van der Waals surface area (Å²) in [4.78, 5) is 14.2. The average Bonchev–Trinajstić information content (AvgIpc) is 2.17. The largest absolute Gasteiger partial charge is 0.394 e. The molecule has 0 aliphatic rings. The number of carbonyl (C=O) groups excluding carboxylic acids is 1. The van der Waals surface area contributed by atoms with Gasteiger partial charge in [0, 0.05) is 6.20 Å². The first-order chi connectivity index (χ1) is 6.19. The van der Waals surface area contributed by atoms with Crippen molar-refractivity contribution >= 4 is 12.1 Å². The molecule has 0 fully saturated rings. The average molecular weight is 181 g/mol. The summed E-state index contributed by atoms with van der Waals surface area (Å²) in [6.45, 7) is -0.191. The van der Waals surface area contributed by atoms with Gasteiger partial charge in [0.1, 0.15) is 5.82 Å². The van der Waals surface area contributed by atoms with Gasteiger partial charge < -0.3 is 16.6 Å². The van der Waals surface area contributed by atoms with Crippen molar-refractivity contribution in [3.05, 3.63) is 23.4 Å². The summed E-state index contributed by atoms with van der Waals surface area (Å²) in [7, 11) is 0. The number of rotatable bonds is 3. The first-order valence-corrected chi connectivity index (χ1v) is 3.76. The van der Waals surface area contributed by atoms with Crippen LogP contribution in [0.25, 0.3) is 0 Å². The van der Waals surface area contributed by atoms with Gasteiger partial charge >= 0.3 is 0 Å². The minimum absolute atomic E-state index is 0.170. The lowest BCUT2D eigenvalue weighted by atomic mass is 10.1. The van der Waals surface area contributed by atoms with E-state index in [-0.39, 0.29) is 12.4 Å². The lowest BCUT2D eigenvalue weighted by Crippen LogP contribution is -2.15. The number of aldehydes is 1. The van der Waals surface area contributed by atoms with Gasteiger partial charge in [-0.3, -0.25) is 4.79 Å². The van der Waals surface area contributed by atoms with Crippen molar-refractivity contribution in [2.45, 2.75) is 6.04 Å². The maximum Gasteiger partial charge on any atom is 0.153 e. The Morgan fingerprint density at radius 2 is 2.38 bits per heavy atom. The maximum atomic E-state index is 10.5. The Morgan fingerprint density at radius 3 is 2.92 bits per heavy atom. The van der Waals surface area contributed by atoms with Crippen molar-refractivity contribution in [3.63, 3.8) is 0 Å². The third-order valence-corrected chi connectivity index (χ3v) is 1.72. The van der Waals surface area contributed by atoms with E-state index in [1.54, 1.807) is 0 Å². The highest BCUT2D eigenvalue weighted by Crippen LogP contribution is 2.13. The summed E-state index contributed by atoms with van der Waals surface area (Å²) in [5, 5.41) is 8.75. The van der Waals surface area contributed by atoms with Crippen molar-refractivity contribution in [2.24, 2.45) is 5.73 Å². The van der Waals surface area contributed by atoms with Crippen molar-refractivity contribution in [2.75, 3.05) is 12.3 Å². The first kappa shape index (κ1) is 9.63. The van der Waals surface area contributed by atoms with Gasteiger partial charge in [0.15, 0.2) is 6.29 Å². The number of aliphatic hydroxyl groups is 1. The van der Waals surface area contributed by atoms with E-state index in [1.807, 2.05) is 0 Å². The van der Waals surface area contributed by atoms with Crippen molar-refractivity contribution in [1.82, 2.24) is 4.98 Å². The zero-order valence-electron chi connectivity index (χ0n) is 6.97. The van der Waals surface area contributed by atoms with Gasteiger partial charge in [-0.15, -0.1) is 0 Å². The fraction of sp³-hybridized carbons (Fsp3) is 0.250. The van der Waals surface area contributed by atoms with Crippen molar-refractivity contribution < 1.29 is 9.90 Å². The molecule has 5 N–H and O–H groups in total. The summed E-state index contributed by atoms with van der Waals surface area (Å²) in [5.74, 6) is 0.170. The number of nitrogen functional groups attached to an aromatic ring is 1. The molecule has 0 spiro atoms. The molecule has 1 heterocycles. The van der Waals surface area contributed by atoms with Gasteiger partial charge in [-0.2, -0.15) is 0 Å². The predicted molar refractivity (Wildman–Crippen MR) is 48.1 cm³/mol. The molecule has 1 rings (SSSR count). The van der Waals surface area contributed by atoms with Crippen LogP contribution >= 0.6 is 0 Å². The SMILES string of the molecule is Nc1ncc([C@H](N)CO)cc1C=O. The van der Waals surface area contributed by atoms with E-state index in [4.69, 9.17) is 16.6 Å². The fourth-order valence-corrected chi connectivity index (χ4v) is 0.912. The van der Waals surface area contributed by atoms with Crippen molar-refractivity contribution in [3.8, 4) is 0 Å². The van der Waals surface area contributed by atoms with Crippen LogP contribution in [0.1, 0.15) is 22.0 Å². The molecule has 70 valence electrons. The molecule has 0 saturated heterocycles. The zero-order valence-corrected chi connectivity index (χ0v) is 6.97. The maximum absolute atomic E-state index is 10.5. The summed E-state index contributed by atoms with van der Waals surface area (Å²) in [5.41, 5.74) is 11.8. The third kappa shape index (κ3) is 2.01. The van der Waals surface area contributed by atoms with Crippen LogP contribution in [0.15, 0.2) is 12.3 Å². The molecule has 0 saturated carbocycles. The zero-order chi connectivity index (χ0) is 9.84. The molecular weight excluding hydrogens is 170 g/mol. The minimum Gasteiger partial charge on any atom is -0.394 e. The van der Waals surface area contributed by atoms with Crippen LogP contribution < -0.4 is 11.5 Å². The van der Waals surface area contributed by atoms with E-state index in [9.17, 15) is 4.79 Å². The lowest BCUT2D eigenvalue weighted by molar-refractivity contribution is 0.112. The number of pyridine rings is 1. The molecule has 1 atom stereocenters. The molecule has 0 aliphatic heterocycles. The van der Waals surface area contributed by atoms with E-state index in [1.165, 1.54) is 12.3 Å². The Morgan fingerprint density at radius 1 is 1.69 bits per heavy atom. The predicted octanol–water partition coefficient (Wildman–Crippen LogP) is -0.532. The number of nitrogens with two attached hydrogens (primary N) is 2. The molecule has 0 aliphatic carbocycles. The highest BCUT2D eigenvalue weighted by atomic mass is 16.3. The number of nitrogens with zero attached hydrogens (tertiary/aromatic N) is 1. The standard InChI is InChI=1S/C8H11N3O2/c9-7(4-13)5-1-6(3-12)8(10)11-2-5/h1-3,7,13H,4,9H2,(H2,10,11)/t7-/m1/s1. The third-order valence-electron chi connectivity index (χ3n) is 1.72. The molecular formula is C8H11N3O2. The number of carbonyl (C=O) groups is 1. The second-order valence-corrected chi connectivity index (χ2v) is 2.65. The van der Waals surface area contributed by atoms with Crippen LogP contribution in [0.2, 0.25) is 0 Å². The van der Waals surface area contributed by atoms with Gasteiger partial charge in [0.05, 0.1) is 18.2 Å². The number of hydrogen-bond donors (Lipinski definition) is 3.